The number of hydrogen-bond acceptors (Lipinski definition) is 5. The Morgan fingerprint density at radius 3 is 3.00 bits per heavy atom. The molecule has 0 atom stereocenters. The minimum atomic E-state index is 0.511. The lowest BCUT2D eigenvalue weighted by molar-refractivity contribution is 0.614. The molecule has 3 aromatic rings. The molecule has 0 saturated heterocycles. The van der Waals surface area contributed by atoms with Gasteiger partial charge in [0.2, 0.25) is 0 Å². The first-order valence-corrected chi connectivity index (χ1v) is 6.11. The SMILES string of the molecule is Nc1ccc2nc(NCCc3ccccn3)oc2c1. The van der Waals surface area contributed by atoms with Crippen molar-refractivity contribution in [1.82, 2.24) is 9.97 Å². The third-order valence-corrected chi connectivity index (χ3v) is 2.80. The zero-order valence-corrected chi connectivity index (χ0v) is 10.3. The standard InChI is InChI=1S/C14H14N4O/c15-10-4-5-12-13(9-10)19-14(18-12)17-8-6-11-3-1-2-7-16-11/h1-5,7,9H,6,8,15H2,(H,17,18). The van der Waals surface area contributed by atoms with Crippen LogP contribution in [0.3, 0.4) is 0 Å². The van der Waals surface area contributed by atoms with E-state index < -0.39 is 0 Å². The minimum Gasteiger partial charge on any atom is -0.423 e. The zero-order valence-electron chi connectivity index (χ0n) is 10.3. The topological polar surface area (TPSA) is 77.0 Å². The quantitative estimate of drug-likeness (QED) is 0.699. The Labute approximate surface area is 110 Å². The number of nitrogens with zero attached hydrogens (tertiary/aromatic N) is 2. The van der Waals surface area contributed by atoms with Gasteiger partial charge in [-0.3, -0.25) is 4.98 Å². The van der Waals surface area contributed by atoms with E-state index in [0.717, 1.165) is 24.2 Å². The smallest absolute Gasteiger partial charge is 0.295 e. The van der Waals surface area contributed by atoms with E-state index in [0.29, 0.717) is 17.3 Å². The van der Waals surface area contributed by atoms with Gasteiger partial charge in [0.15, 0.2) is 5.58 Å². The van der Waals surface area contributed by atoms with E-state index >= 15 is 0 Å². The second-order valence-electron chi connectivity index (χ2n) is 4.24. The van der Waals surface area contributed by atoms with Crippen molar-refractivity contribution in [2.24, 2.45) is 0 Å². The van der Waals surface area contributed by atoms with Gasteiger partial charge in [-0.2, -0.15) is 4.98 Å². The van der Waals surface area contributed by atoms with Crippen LogP contribution in [0.1, 0.15) is 5.69 Å². The monoisotopic (exact) mass is 254 g/mol. The summed E-state index contributed by atoms with van der Waals surface area (Å²) in [6.45, 7) is 0.722. The van der Waals surface area contributed by atoms with Crippen LogP contribution >= 0.6 is 0 Å². The van der Waals surface area contributed by atoms with Crippen molar-refractivity contribution in [1.29, 1.82) is 0 Å². The molecule has 0 saturated carbocycles. The summed E-state index contributed by atoms with van der Waals surface area (Å²) in [5.74, 6) is 0. The van der Waals surface area contributed by atoms with E-state index in [4.69, 9.17) is 10.2 Å². The van der Waals surface area contributed by atoms with E-state index in [2.05, 4.69) is 15.3 Å². The molecule has 96 valence electrons. The van der Waals surface area contributed by atoms with Crippen molar-refractivity contribution in [3.05, 3.63) is 48.3 Å². The summed E-state index contributed by atoms with van der Waals surface area (Å²) in [6.07, 6.45) is 2.61. The molecule has 0 unspecified atom stereocenters. The number of anilines is 2. The highest BCUT2D eigenvalue weighted by Crippen LogP contribution is 2.20. The van der Waals surface area contributed by atoms with Gasteiger partial charge in [-0.25, -0.2) is 0 Å². The predicted molar refractivity (Wildman–Crippen MR) is 74.9 cm³/mol. The van der Waals surface area contributed by atoms with Crippen LogP contribution in [0.25, 0.3) is 11.1 Å². The van der Waals surface area contributed by atoms with Gasteiger partial charge in [0.25, 0.3) is 6.01 Å². The molecule has 0 aliphatic rings. The normalized spacial score (nSPS) is 10.7. The zero-order chi connectivity index (χ0) is 13.1. The second kappa shape index (κ2) is 4.97. The Bertz CT molecular complexity index is 678. The fourth-order valence-corrected chi connectivity index (χ4v) is 1.86. The molecule has 0 radical (unpaired) electrons. The summed E-state index contributed by atoms with van der Waals surface area (Å²) in [4.78, 5) is 8.59. The molecule has 0 bridgehead atoms. The van der Waals surface area contributed by atoms with Gasteiger partial charge in [-0.15, -0.1) is 0 Å². The van der Waals surface area contributed by atoms with Crippen molar-refractivity contribution in [2.45, 2.75) is 6.42 Å². The molecule has 5 nitrogen and oxygen atoms in total. The van der Waals surface area contributed by atoms with Crippen molar-refractivity contribution < 1.29 is 4.42 Å². The van der Waals surface area contributed by atoms with E-state index in [1.54, 1.807) is 12.3 Å². The molecular formula is C14H14N4O. The highest BCUT2D eigenvalue weighted by atomic mass is 16.4. The third-order valence-electron chi connectivity index (χ3n) is 2.80. The van der Waals surface area contributed by atoms with Crippen LogP contribution in [-0.2, 0) is 6.42 Å². The number of nitrogens with one attached hydrogen (secondary N) is 1. The van der Waals surface area contributed by atoms with Crippen molar-refractivity contribution in [3.8, 4) is 0 Å². The number of hydrogen-bond donors (Lipinski definition) is 2. The van der Waals surface area contributed by atoms with Crippen LogP contribution in [0.2, 0.25) is 0 Å². The fourth-order valence-electron chi connectivity index (χ4n) is 1.86. The van der Waals surface area contributed by atoms with Gasteiger partial charge in [0.1, 0.15) is 5.52 Å². The number of nitrogens with two attached hydrogens (primary N) is 1. The summed E-state index contributed by atoms with van der Waals surface area (Å²) in [5.41, 5.74) is 8.90. The van der Waals surface area contributed by atoms with Crippen LogP contribution in [0, 0.1) is 0 Å². The first kappa shape index (κ1) is 11.5. The van der Waals surface area contributed by atoms with Gasteiger partial charge in [-0.1, -0.05) is 6.07 Å². The Hall–Kier alpha value is -2.56. The van der Waals surface area contributed by atoms with Gasteiger partial charge >= 0.3 is 0 Å². The first-order valence-electron chi connectivity index (χ1n) is 6.11. The Kier molecular flexibility index (Phi) is 3.02. The summed E-state index contributed by atoms with van der Waals surface area (Å²) in [7, 11) is 0. The van der Waals surface area contributed by atoms with Gasteiger partial charge < -0.3 is 15.5 Å². The van der Waals surface area contributed by atoms with Crippen molar-refractivity contribution in [3.63, 3.8) is 0 Å². The largest absolute Gasteiger partial charge is 0.423 e. The number of aromatic nitrogens is 2. The molecule has 1 aromatic carbocycles. The van der Waals surface area contributed by atoms with Crippen LogP contribution in [-0.4, -0.2) is 16.5 Å². The molecule has 19 heavy (non-hydrogen) atoms. The van der Waals surface area contributed by atoms with Gasteiger partial charge in [0, 0.05) is 36.6 Å². The van der Waals surface area contributed by atoms with E-state index in [1.165, 1.54) is 0 Å². The molecule has 0 aliphatic carbocycles. The Balaban J connectivity index is 1.65. The molecule has 3 rings (SSSR count). The van der Waals surface area contributed by atoms with Crippen LogP contribution < -0.4 is 11.1 Å². The lowest BCUT2D eigenvalue weighted by atomic mass is 10.3. The average Bonchev–Trinajstić information content (AvgIpc) is 2.82. The molecule has 3 N–H and O–H groups in total. The number of nitrogen functional groups attached to an aromatic ring is 1. The molecule has 5 heteroatoms. The van der Waals surface area contributed by atoms with Crippen LogP contribution in [0.5, 0.6) is 0 Å². The summed E-state index contributed by atoms with van der Waals surface area (Å²) in [5, 5.41) is 3.14. The van der Waals surface area contributed by atoms with Gasteiger partial charge in [0.05, 0.1) is 0 Å². The maximum Gasteiger partial charge on any atom is 0.295 e. The summed E-state index contributed by atoms with van der Waals surface area (Å²) >= 11 is 0. The predicted octanol–water partition coefficient (Wildman–Crippen LogP) is 2.46. The van der Waals surface area contributed by atoms with Crippen LogP contribution in [0.4, 0.5) is 11.7 Å². The van der Waals surface area contributed by atoms with Crippen LogP contribution in [0.15, 0.2) is 47.0 Å². The lowest BCUT2D eigenvalue weighted by Gasteiger charge is -2.00. The molecule has 2 aromatic heterocycles. The summed E-state index contributed by atoms with van der Waals surface area (Å²) < 4.78 is 5.56. The molecule has 0 fully saturated rings. The Morgan fingerprint density at radius 1 is 1.21 bits per heavy atom. The summed E-state index contributed by atoms with van der Waals surface area (Å²) in [6, 6.07) is 11.8. The number of oxazole rings is 1. The van der Waals surface area contributed by atoms with Gasteiger partial charge in [-0.05, 0) is 24.3 Å². The molecule has 0 spiro atoms. The first-order chi connectivity index (χ1) is 9.31. The van der Waals surface area contributed by atoms with E-state index in [1.807, 2.05) is 30.3 Å². The molecule has 0 amide bonds. The maximum absolute atomic E-state index is 5.69. The van der Waals surface area contributed by atoms with E-state index in [-0.39, 0.29) is 0 Å². The average molecular weight is 254 g/mol. The number of rotatable bonds is 4. The number of benzene rings is 1. The van der Waals surface area contributed by atoms with Crippen molar-refractivity contribution >= 4 is 22.8 Å². The highest BCUT2D eigenvalue weighted by Gasteiger charge is 2.05. The maximum atomic E-state index is 5.69. The van der Waals surface area contributed by atoms with Crippen molar-refractivity contribution in [2.75, 3.05) is 17.6 Å². The molecular weight excluding hydrogens is 240 g/mol. The molecule has 0 aliphatic heterocycles. The molecule has 2 heterocycles. The number of pyridine rings is 1. The fraction of sp³-hybridized carbons (Fsp3) is 0.143. The second-order valence-corrected chi connectivity index (χ2v) is 4.24. The third kappa shape index (κ3) is 2.65. The minimum absolute atomic E-state index is 0.511. The highest BCUT2D eigenvalue weighted by molar-refractivity contribution is 5.78. The van der Waals surface area contributed by atoms with E-state index in [9.17, 15) is 0 Å². The lowest BCUT2D eigenvalue weighted by Crippen LogP contribution is -2.05. The number of fused-ring (bicyclic) bond motifs is 1. The Morgan fingerprint density at radius 2 is 2.16 bits per heavy atom.